The number of rotatable bonds is 4. The summed E-state index contributed by atoms with van der Waals surface area (Å²) in [5, 5.41) is 3.55. The molecule has 0 bridgehead atoms. The van der Waals surface area contributed by atoms with E-state index < -0.39 is 5.54 Å². The Morgan fingerprint density at radius 2 is 1.91 bits per heavy atom. The van der Waals surface area contributed by atoms with Gasteiger partial charge < -0.3 is 10.1 Å². The van der Waals surface area contributed by atoms with Crippen molar-refractivity contribution in [2.75, 3.05) is 13.2 Å². The average molecular weight is 337 g/mol. The number of hydrogen-bond acceptors (Lipinski definition) is 3. The molecule has 1 heterocycles. The number of hydrogen-bond donors (Lipinski definition) is 1. The Labute approximate surface area is 140 Å². The molecule has 23 heavy (non-hydrogen) atoms. The molecule has 1 saturated heterocycles. The summed E-state index contributed by atoms with van der Waals surface area (Å²) in [4.78, 5) is 26.1. The van der Waals surface area contributed by atoms with Crippen LogP contribution in [0.15, 0.2) is 24.3 Å². The van der Waals surface area contributed by atoms with Crippen LogP contribution < -0.4 is 10.1 Å². The highest BCUT2D eigenvalue weighted by molar-refractivity contribution is 6.30. The van der Waals surface area contributed by atoms with Crippen molar-refractivity contribution < 1.29 is 14.3 Å². The van der Waals surface area contributed by atoms with E-state index in [0.29, 0.717) is 16.7 Å². The lowest BCUT2D eigenvalue weighted by atomic mass is 9.77. The first kappa shape index (κ1) is 16.1. The normalized spacial score (nSPS) is 27.4. The third kappa shape index (κ3) is 3.29. The Balaban J connectivity index is 1.57. The smallest absolute Gasteiger partial charge is 0.325 e. The second kappa shape index (κ2) is 6.40. The lowest BCUT2D eigenvalue weighted by molar-refractivity contribution is -0.132. The van der Waals surface area contributed by atoms with Crippen LogP contribution in [0.4, 0.5) is 4.79 Å². The zero-order valence-corrected chi connectivity index (χ0v) is 13.9. The van der Waals surface area contributed by atoms with Gasteiger partial charge in [0.1, 0.15) is 17.9 Å². The van der Waals surface area contributed by atoms with Gasteiger partial charge in [-0.1, -0.05) is 18.5 Å². The molecule has 0 radical (unpaired) electrons. The van der Waals surface area contributed by atoms with Crippen LogP contribution >= 0.6 is 11.6 Å². The van der Waals surface area contributed by atoms with Gasteiger partial charge in [0.15, 0.2) is 0 Å². The maximum atomic E-state index is 12.7. The van der Waals surface area contributed by atoms with Gasteiger partial charge in [-0.3, -0.25) is 9.69 Å². The van der Waals surface area contributed by atoms with Crippen LogP contribution in [0.25, 0.3) is 0 Å². The molecule has 1 saturated carbocycles. The quantitative estimate of drug-likeness (QED) is 0.859. The molecule has 1 spiro atoms. The molecule has 0 atom stereocenters. The van der Waals surface area contributed by atoms with E-state index >= 15 is 0 Å². The minimum atomic E-state index is -0.677. The summed E-state index contributed by atoms with van der Waals surface area (Å²) in [6.45, 7) is 2.71. The molecular formula is C17H21ClN2O3. The average Bonchev–Trinajstić information content (AvgIpc) is 2.76. The molecule has 3 amide bonds. The van der Waals surface area contributed by atoms with Gasteiger partial charge in [-0.15, -0.1) is 0 Å². The second-order valence-electron chi connectivity index (χ2n) is 6.45. The number of imide groups is 1. The van der Waals surface area contributed by atoms with Gasteiger partial charge in [0, 0.05) is 5.02 Å². The Hall–Kier alpha value is -1.75. The van der Waals surface area contributed by atoms with Crippen molar-refractivity contribution in [1.82, 2.24) is 10.2 Å². The Kier molecular flexibility index (Phi) is 4.48. The van der Waals surface area contributed by atoms with E-state index in [9.17, 15) is 9.59 Å². The Morgan fingerprint density at radius 3 is 2.57 bits per heavy atom. The molecule has 1 aromatic rings. The van der Waals surface area contributed by atoms with Gasteiger partial charge in [0.2, 0.25) is 0 Å². The standard InChI is InChI=1S/C17H21ClN2O3/c1-12-6-8-17(9-7-12)15(21)20(16(22)19-17)10-11-23-14-4-2-13(18)3-5-14/h2-5,12H,6-11H2,1H3,(H,19,22). The molecule has 1 aliphatic heterocycles. The fourth-order valence-electron chi connectivity index (χ4n) is 3.26. The second-order valence-corrected chi connectivity index (χ2v) is 6.89. The molecule has 0 unspecified atom stereocenters. The number of carbonyl (C=O) groups excluding carboxylic acids is 2. The molecule has 0 aromatic heterocycles. The van der Waals surface area contributed by atoms with Crippen LogP contribution in [0.5, 0.6) is 5.75 Å². The highest BCUT2D eigenvalue weighted by atomic mass is 35.5. The van der Waals surface area contributed by atoms with E-state index in [-0.39, 0.29) is 25.1 Å². The third-order valence-corrected chi connectivity index (χ3v) is 5.02. The number of urea groups is 1. The molecule has 3 rings (SSSR count). The van der Waals surface area contributed by atoms with E-state index in [1.807, 2.05) is 0 Å². The van der Waals surface area contributed by atoms with Crippen molar-refractivity contribution in [2.24, 2.45) is 5.92 Å². The Bertz CT molecular complexity index is 594. The molecule has 2 aliphatic rings. The third-order valence-electron chi connectivity index (χ3n) is 4.77. The number of halogens is 1. The van der Waals surface area contributed by atoms with Crippen molar-refractivity contribution in [3.8, 4) is 5.75 Å². The van der Waals surface area contributed by atoms with Gasteiger partial charge in [0.25, 0.3) is 5.91 Å². The summed E-state index contributed by atoms with van der Waals surface area (Å²) in [5.41, 5.74) is -0.677. The van der Waals surface area contributed by atoms with Crippen LogP contribution in [-0.4, -0.2) is 35.5 Å². The predicted octanol–water partition coefficient (Wildman–Crippen LogP) is 3.22. The zero-order valence-electron chi connectivity index (χ0n) is 13.2. The van der Waals surface area contributed by atoms with Gasteiger partial charge in [0.05, 0.1) is 6.54 Å². The van der Waals surface area contributed by atoms with Crippen molar-refractivity contribution in [1.29, 1.82) is 0 Å². The Morgan fingerprint density at radius 1 is 1.26 bits per heavy atom. The summed E-state index contributed by atoms with van der Waals surface area (Å²) in [6, 6.07) is 6.70. The first-order valence-corrected chi connectivity index (χ1v) is 8.40. The van der Waals surface area contributed by atoms with Crippen molar-refractivity contribution in [2.45, 2.75) is 38.1 Å². The first-order chi connectivity index (χ1) is 11.0. The lowest BCUT2D eigenvalue weighted by Crippen LogP contribution is -2.49. The highest BCUT2D eigenvalue weighted by Gasteiger charge is 2.51. The van der Waals surface area contributed by atoms with Crippen LogP contribution in [0.2, 0.25) is 5.02 Å². The summed E-state index contributed by atoms with van der Waals surface area (Å²) in [6.07, 6.45) is 3.41. The van der Waals surface area contributed by atoms with Crippen LogP contribution in [0, 0.1) is 5.92 Å². The van der Waals surface area contributed by atoms with Gasteiger partial charge >= 0.3 is 6.03 Å². The molecule has 2 fully saturated rings. The van der Waals surface area contributed by atoms with Gasteiger partial charge in [-0.2, -0.15) is 0 Å². The largest absolute Gasteiger partial charge is 0.492 e. The van der Waals surface area contributed by atoms with Gasteiger partial charge in [-0.05, 0) is 55.9 Å². The monoisotopic (exact) mass is 336 g/mol. The van der Waals surface area contributed by atoms with E-state index in [1.54, 1.807) is 24.3 Å². The molecule has 1 N–H and O–H groups in total. The molecule has 124 valence electrons. The summed E-state index contributed by atoms with van der Waals surface area (Å²) in [7, 11) is 0. The van der Waals surface area contributed by atoms with Crippen molar-refractivity contribution in [3.63, 3.8) is 0 Å². The minimum Gasteiger partial charge on any atom is -0.492 e. The van der Waals surface area contributed by atoms with Crippen molar-refractivity contribution in [3.05, 3.63) is 29.3 Å². The minimum absolute atomic E-state index is 0.103. The number of benzene rings is 1. The SMILES string of the molecule is CC1CCC2(CC1)NC(=O)N(CCOc1ccc(Cl)cc1)C2=O. The van der Waals surface area contributed by atoms with E-state index in [0.717, 1.165) is 25.7 Å². The van der Waals surface area contributed by atoms with Crippen LogP contribution in [0.1, 0.15) is 32.6 Å². The maximum Gasteiger partial charge on any atom is 0.325 e. The van der Waals surface area contributed by atoms with E-state index in [4.69, 9.17) is 16.3 Å². The topological polar surface area (TPSA) is 58.6 Å². The van der Waals surface area contributed by atoms with Crippen molar-refractivity contribution >= 4 is 23.5 Å². The molecular weight excluding hydrogens is 316 g/mol. The first-order valence-electron chi connectivity index (χ1n) is 8.03. The summed E-state index contributed by atoms with van der Waals surface area (Å²) < 4.78 is 5.58. The molecule has 1 aromatic carbocycles. The number of carbonyl (C=O) groups is 2. The fraction of sp³-hybridized carbons (Fsp3) is 0.529. The number of nitrogens with one attached hydrogen (secondary N) is 1. The number of nitrogens with zero attached hydrogens (tertiary/aromatic N) is 1. The number of ether oxygens (including phenoxy) is 1. The predicted molar refractivity (Wildman–Crippen MR) is 87.6 cm³/mol. The van der Waals surface area contributed by atoms with E-state index in [2.05, 4.69) is 12.2 Å². The molecule has 5 nitrogen and oxygen atoms in total. The van der Waals surface area contributed by atoms with Crippen LogP contribution in [0.3, 0.4) is 0 Å². The molecule has 1 aliphatic carbocycles. The van der Waals surface area contributed by atoms with Gasteiger partial charge in [-0.25, -0.2) is 4.79 Å². The van der Waals surface area contributed by atoms with E-state index in [1.165, 1.54) is 4.90 Å². The molecule has 6 heteroatoms. The summed E-state index contributed by atoms with van der Waals surface area (Å²) >= 11 is 5.82. The lowest BCUT2D eigenvalue weighted by Gasteiger charge is -2.33. The highest BCUT2D eigenvalue weighted by Crippen LogP contribution is 2.36. The number of amides is 3. The van der Waals surface area contributed by atoms with Crippen LogP contribution in [-0.2, 0) is 4.79 Å². The summed E-state index contributed by atoms with van der Waals surface area (Å²) in [5.74, 6) is 1.18. The zero-order chi connectivity index (χ0) is 16.4. The fourth-order valence-corrected chi connectivity index (χ4v) is 3.38. The maximum absolute atomic E-state index is 12.7.